The van der Waals surface area contributed by atoms with Gasteiger partial charge in [-0.05, 0) is 51.3 Å². The summed E-state index contributed by atoms with van der Waals surface area (Å²) in [6.07, 6.45) is 1.72. The fraction of sp³-hybridized carbons (Fsp3) is 0.500. The van der Waals surface area contributed by atoms with Gasteiger partial charge >= 0.3 is 0 Å². The SMILES string of the molecule is COc1ccc(C2SC(C)=Nc3c2c(=O)[nH]n3C2CCOC(C)(C)C2)cc1. The summed E-state index contributed by atoms with van der Waals surface area (Å²) in [5.74, 6) is 1.57. The second-order valence-electron chi connectivity index (χ2n) is 7.70. The van der Waals surface area contributed by atoms with Gasteiger partial charge in [-0.2, -0.15) is 0 Å². The predicted molar refractivity (Wildman–Crippen MR) is 109 cm³/mol. The molecular weight excluding hydrogens is 362 g/mol. The number of ether oxygens (including phenoxy) is 2. The Labute approximate surface area is 163 Å². The van der Waals surface area contributed by atoms with Gasteiger partial charge in [-0.1, -0.05) is 23.9 Å². The minimum Gasteiger partial charge on any atom is -0.497 e. The smallest absolute Gasteiger partial charge is 0.271 e. The van der Waals surface area contributed by atoms with Crippen molar-refractivity contribution in [2.45, 2.75) is 50.5 Å². The fourth-order valence-corrected chi connectivity index (χ4v) is 5.01. The maximum atomic E-state index is 12.9. The summed E-state index contributed by atoms with van der Waals surface area (Å²) in [6, 6.07) is 8.09. The van der Waals surface area contributed by atoms with Crippen LogP contribution in [0, 0.1) is 0 Å². The van der Waals surface area contributed by atoms with E-state index in [0.717, 1.165) is 40.6 Å². The van der Waals surface area contributed by atoms with Crippen LogP contribution in [0.15, 0.2) is 34.1 Å². The van der Waals surface area contributed by atoms with Crippen molar-refractivity contribution < 1.29 is 9.47 Å². The molecule has 144 valence electrons. The van der Waals surface area contributed by atoms with Gasteiger partial charge in [0.1, 0.15) is 5.75 Å². The maximum Gasteiger partial charge on any atom is 0.271 e. The highest BCUT2D eigenvalue weighted by Crippen LogP contribution is 2.45. The van der Waals surface area contributed by atoms with E-state index in [4.69, 9.17) is 14.5 Å². The first-order valence-electron chi connectivity index (χ1n) is 9.22. The summed E-state index contributed by atoms with van der Waals surface area (Å²) < 4.78 is 13.1. The molecule has 2 unspecified atom stereocenters. The third-order valence-electron chi connectivity index (χ3n) is 5.20. The highest BCUT2D eigenvalue weighted by Gasteiger charge is 2.35. The van der Waals surface area contributed by atoms with Gasteiger partial charge in [-0.3, -0.25) is 14.6 Å². The molecule has 27 heavy (non-hydrogen) atoms. The largest absolute Gasteiger partial charge is 0.497 e. The molecule has 1 aromatic carbocycles. The normalized spacial score (nSPS) is 24.2. The van der Waals surface area contributed by atoms with Crippen molar-refractivity contribution in [2.24, 2.45) is 4.99 Å². The van der Waals surface area contributed by atoms with Crippen LogP contribution >= 0.6 is 11.8 Å². The lowest BCUT2D eigenvalue weighted by Crippen LogP contribution is -2.35. The Morgan fingerprint density at radius 1 is 1.33 bits per heavy atom. The molecule has 0 aliphatic carbocycles. The Hall–Kier alpha value is -1.99. The Morgan fingerprint density at radius 2 is 2.07 bits per heavy atom. The zero-order chi connectivity index (χ0) is 19.2. The Morgan fingerprint density at radius 3 is 2.74 bits per heavy atom. The van der Waals surface area contributed by atoms with E-state index in [0.29, 0.717) is 6.61 Å². The molecular formula is C20H25N3O3S. The number of aromatic amines is 1. The van der Waals surface area contributed by atoms with E-state index in [-0.39, 0.29) is 22.5 Å². The van der Waals surface area contributed by atoms with E-state index < -0.39 is 0 Å². The van der Waals surface area contributed by atoms with E-state index in [9.17, 15) is 4.79 Å². The van der Waals surface area contributed by atoms with Gasteiger partial charge in [-0.25, -0.2) is 4.99 Å². The number of aliphatic imine (C=N–C) groups is 1. The zero-order valence-electron chi connectivity index (χ0n) is 16.1. The van der Waals surface area contributed by atoms with Crippen LogP contribution in [0.25, 0.3) is 0 Å². The number of fused-ring (bicyclic) bond motifs is 1. The molecule has 0 radical (unpaired) electrons. The second-order valence-corrected chi connectivity index (χ2v) is 9.00. The Kier molecular flexibility index (Phi) is 4.68. The van der Waals surface area contributed by atoms with Crippen LogP contribution in [0.1, 0.15) is 56.0 Å². The van der Waals surface area contributed by atoms with E-state index in [1.165, 1.54) is 0 Å². The molecule has 1 N–H and O–H groups in total. The fourth-order valence-electron chi connectivity index (χ4n) is 3.91. The molecule has 0 spiro atoms. The number of hydrogen-bond acceptors (Lipinski definition) is 5. The molecule has 0 bridgehead atoms. The number of hydrogen-bond donors (Lipinski definition) is 1. The topological polar surface area (TPSA) is 68.6 Å². The molecule has 0 amide bonds. The van der Waals surface area contributed by atoms with Gasteiger partial charge in [0.15, 0.2) is 5.82 Å². The van der Waals surface area contributed by atoms with E-state index in [1.807, 2.05) is 35.9 Å². The van der Waals surface area contributed by atoms with E-state index >= 15 is 0 Å². The minimum absolute atomic E-state index is 0.0566. The van der Waals surface area contributed by atoms with Crippen LogP contribution < -0.4 is 10.3 Å². The molecule has 2 aliphatic rings. The molecule has 1 aromatic heterocycles. The number of H-pyrrole nitrogens is 1. The van der Waals surface area contributed by atoms with Crippen LogP contribution in [0.2, 0.25) is 0 Å². The molecule has 2 atom stereocenters. The number of nitrogens with zero attached hydrogens (tertiary/aromatic N) is 2. The average Bonchev–Trinajstić information content (AvgIpc) is 2.97. The monoisotopic (exact) mass is 387 g/mol. The Bertz CT molecular complexity index is 927. The zero-order valence-corrected chi connectivity index (χ0v) is 16.9. The van der Waals surface area contributed by atoms with E-state index in [1.54, 1.807) is 18.9 Å². The van der Waals surface area contributed by atoms with Gasteiger partial charge in [0, 0.05) is 6.61 Å². The lowest BCUT2D eigenvalue weighted by Gasteiger charge is -2.36. The van der Waals surface area contributed by atoms with Crippen LogP contribution in [0.3, 0.4) is 0 Å². The molecule has 1 saturated heterocycles. The number of methoxy groups -OCH3 is 1. The number of rotatable bonds is 3. The van der Waals surface area contributed by atoms with Crippen molar-refractivity contribution in [1.29, 1.82) is 0 Å². The summed E-state index contributed by atoms with van der Waals surface area (Å²) in [4.78, 5) is 17.6. The number of aromatic nitrogens is 2. The highest BCUT2D eigenvalue weighted by atomic mass is 32.2. The second kappa shape index (κ2) is 6.87. The minimum atomic E-state index is -0.200. The van der Waals surface area contributed by atoms with Gasteiger partial charge in [-0.15, -0.1) is 0 Å². The molecule has 7 heteroatoms. The Balaban J connectivity index is 1.76. The molecule has 3 heterocycles. The molecule has 0 saturated carbocycles. The van der Waals surface area contributed by atoms with Crippen molar-refractivity contribution in [3.63, 3.8) is 0 Å². The first kappa shape index (κ1) is 18.4. The summed E-state index contributed by atoms with van der Waals surface area (Å²) in [7, 11) is 1.65. The standard InChI is InChI=1S/C20H25N3O3S/c1-12-21-18-16(17(27-12)13-5-7-15(25-4)8-6-13)19(24)22-23(18)14-9-10-26-20(2,3)11-14/h5-8,14,17H,9-11H2,1-4H3,(H,22,24). The molecule has 4 rings (SSSR count). The van der Waals surface area contributed by atoms with Crippen molar-refractivity contribution >= 4 is 22.6 Å². The van der Waals surface area contributed by atoms with Crippen molar-refractivity contribution in [1.82, 2.24) is 9.78 Å². The summed E-state index contributed by atoms with van der Waals surface area (Å²) in [5, 5.41) is 3.96. The predicted octanol–water partition coefficient (Wildman–Crippen LogP) is 4.20. The van der Waals surface area contributed by atoms with Gasteiger partial charge in [0.2, 0.25) is 0 Å². The number of benzene rings is 1. The van der Waals surface area contributed by atoms with Crippen molar-refractivity contribution in [2.75, 3.05) is 13.7 Å². The quantitative estimate of drug-likeness (QED) is 0.857. The van der Waals surface area contributed by atoms with E-state index in [2.05, 4.69) is 18.9 Å². The maximum absolute atomic E-state index is 12.9. The van der Waals surface area contributed by atoms with Crippen LogP contribution in [0.5, 0.6) is 5.75 Å². The van der Waals surface area contributed by atoms with Gasteiger partial charge < -0.3 is 9.47 Å². The third kappa shape index (κ3) is 3.46. The van der Waals surface area contributed by atoms with Crippen molar-refractivity contribution in [3.05, 3.63) is 45.7 Å². The lowest BCUT2D eigenvalue weighted by atomic mass is 9.94. The average molecular weight is 388 g/mol. The summed E-state index contributed by atoms with van der Waals surface area (Å²) >= 11 is 1.62. The van der Waals surface area contributed by atoms with Crippen molar-refractivity contribution in [3.8, 4) is 5.75 Å². The van der Waals surface area contributed by atoms with Crippen LogP contribution in [-0.2, 0) is 4.74 Å². The van der Waals surface area contributed by atoms with Crippen LogP contribution in [0.4, 0.5) is 5.82 Å². The first-order valence-corrected chi connectivity index (χ1v) is 10.1. The summed E-state index contributed by atoms with van der Waals surface area (Å²) in [5.41, 5.74) is 1.56. The molecule has 2 aliphatic heterocycles. The summed E-state index contributed by atoms with van der Waals surface area (Å²) in [6.45, 7) is 6.88. The van der Waals surface area contributed by atoms with Gasteiger partial charge in [0.25, 0.3) is 5.56 Å². The lowest BCUT2D eigenvalue weighted by molar-refractivity contribution is -0.0705. The third-order valence-corrected chi connectivity index (χ3v) is 6.38. The molecule has 6 nitrogen and oxygen atoms in total. The highest BCUT2D eigenvalue weighted by molar-refractivity contribution is 8.14. The number of thioether (sulfide) groups is 1. The molecule has 1 fully saturated rings. The molecule has 2 aromatic rings. The first-order chi connectivity index (χ1) is 12.9. The van der Waals surface area contributed by atoms with Gasteiger partial charge in [0.05, 0.1) is 34.6 Å². The van der Waals surface area contributed by atoms with Crippen LogP contribution in [-0.4, -0.2) is 34.1 Å². The number of nitrogens with one attached hydrogen (secondary N) is 1.